The number of methoxy groups -OCH3 is 1. The van der Waals surface area contributed by atoms with Crippen molar-refractivity contribution in [1.82, 2.24) is 0 Å². The fraction of sp³-hybridized carbons (Fsp3) is 0.0741. The molecule has 0 radical (unpaired) electrons. The summed E-state index contributed by atoms with van der Waals surface area (Å²) in [6, 6.07) is 24.7. The molecule has 0 aliphatic heterocycles. The summed E-state index contributed by atoms with van der Waals surface area (Å²) in [6.07, 6.45) is 0. The highest BCUT2D eigenvalue weighted by molar-refractivity contribution is 7.93. The number of nitrogens with one attached hydrogen (secondary N) is 3. The minimum atomic E-state index is -3.90. The minimum Gasteiger partial charge on any atom is -0.495 e. The Morgan fingerprint density at radius 3 is 1.89 bits per heavy atom. The van der Waals surface area contributed by atoms with Gasteiger partial charge in [0.05, 0.1) is 22.6 Å². The van der Waals surface area contributed by atoms with Crippen LogP contribution in [0.15, 0.2) is 107 Å². The van der Waals surface area contributed by atoms with Crippen molar-refractivity contribution in [2.24, 2.45) is 0 Å². The third kappa shape index (κ3) is 6.31. The third-order valence-electron chi connectivity index (χ3n) is 5.47. The zero-order valence-corrected chi connectivity index (χ0v) is 22.1. The van der Waals surface area contributed by atoms with E-state index in [4.69, 9.17) is 4.74 Å². The van der Waals surface area contributed by atoms with Crippen LogP contribution in [0.1, 0.15) is 15.9 Å². The summed E-state index contributed by atoms with van der Waals surface area (Å²) in [5.74, 6) is -0.0531. The van der Waals surface area contributed by atoms with Gasteiger partial charge in [-0.1, -0.05) is 24.3 Å². The molecular formula is C27H25N3O6S2. The third-order valence-corrected chi connectivity index (χ3v) is 8.25. The Morgan fingerprint density at radius 1 is 0.684 bits per heavy atom. The Labute approximate surface area is 221 Å². The van der Waals surface area contributed by atoms with Gasteiger partial charge in [-0.15, -0.1) is 0 Å². The molecule has 11 heteroatoms. The fourth-order valence-corrected chi connectivity index (χ4v) is 5.67. The highest BCUT2D eigenvalue weighted by Crippen LogP contribution is 2.28. The van der Waals surface area contributed by atoms with Gasteiger partial charge < -0.3 is 10.1 Å². The largest absolute Gasteiger partial charge is 0.495 e. The molecule has 38 heavy (non-hydrogen) atoms. The van der Waals surface area contributed by atoms with Crippen LogP contribution in [-0.2, 0) is 20.0 Å². The molecule has 0 aliphatic carbocycles. The van der Waals surface area contributed by atoms with Crippen molar-refractivity contribution in [1.29, 1.82) is 0 Å². The van der Waals surface area contributed by atoms with Gasteiger partial charge in [0.2, 0.25) is 0 Å². The van der Waals surface area contributed by atoms with Crippen molar-refractivity contribution in [2.75, 3.05) is 21.9 Å². The van der Waals surface area contributed by atoms with Crippen molar-refractivity contribution in [3.05, 3.63) is 108 Å². The number of carbonyl (C=O) groups excluding carboxylic acids is 1. The molecule has 0 heterocycles. The Balaban J connectivity index is 1.41. The van der Waals surface area contributed by atoms with E-state index in [0.717, 1.165) is 5.56 Å². The molecule has 0 bridgehead atoms. The van der Waals surface area contributed by atoms with E-state index >= 15 is 0 Å². The lowest BCUT2D eigenvalue weighted by Crippen LogP contribution is -2.15. The van der Waals surface area contributed by atoms with E-state index in [1.54, 1.807) is 30.3 Å². The number of benzene rings is 4. The highest BCUT2D eigenvalue weighted by atomic mass is 32.2. The topological polar surface area (TPSA) is 131 Å². The number of hydrogen-bond acceptors (Lipinski definition) is 6. The molecule has 196 valence electrons. The molecule has 0 saturated heterocycles. The zero-order valence-electron chi connectivity index (χ0n) is 20.5. The Morgan fingerprint density at radius 2 is 1.26 bits per heavy atom. The van der Waals surface area contributed by atoms with Gasteiger partial charge in [0.1, 0.15) is 5.75 Å². The first-order chi connectivity index (χ1) is 18.1. The summed E-state index contributed by atoms with van der Waals surface area (Å²) in [5.41, 5.74) is 2.16. The number of ether oxygens (including phenoxy) is 1. The second kappa shape index (κ2) is 11.0. The van der Waals surface area contributed by atoms with Crippen LogP contribution in [0.4, 0.5) is 17.1 Å². The lowest BCUT2D eigenvalue weighted by atomic mass is 10.2. The predicted molar refractivity (Wildman–Crippen MR) is 147 cm³/mol. The van der Waals surface area contributed by atoms with Crippen LogP contribution in [0, 0.1) is 6.92 Å². The molecule has 1 amide bonds. The summed E-state index contributed by atoms with van der Waals surface area (Å²) in [7, 11) is -6.19. The average molecular weight is 552 g/mol. The molecule has 0 aliphatic rings. The van der Waals surface area contributed by atoms with Crippen LogP contribution < -0.4 is 19.5 Å². The summed E-state index contributed by atoms with van der Waals surface area (Å²) in [6.45, 7) is 1.84. The quantitative estimate of drug-likeness (QED) is 0.272. The first kappa shape index (κ1) is 26.7. The lowest BCUT2D eigenvalue weighted by Gasteiger charge is -2.13. The lowest BCUT2D eigenvalue weighted by molar-refractivity contribution is 0.102. The zero-order chi connectivity index (χ0) is 27.3. The van der Waals surface area contributed by atoms with Crippen LogP contribution in [0.2, 0.25) is 0 Å². The summed E-state index contributed by atoms with van der Waals surface area (Å²) in [5, 5.41) is 2.69. The van der Waals surface area contributed by atoms with Gasteiger partial charge in [0.15, 0.2) is 0 Å². The Bertz CT molecular complexity index is 1650. The Hall–Kier alpha value is -4.35. The van der Waals surface area contributed by atoms with E-state index in [-0.39, 0.29) is 15.4 Å². The van der Waals surface area contributed by atoms with Crippen molar-refractivity contribution in [3.63, 3.8) is 0 Å². The standard InChI is InChI=1S/C27H25N3O6S2/c1-19-8-17-26(36-2)25(18-19)30-38(34,35)24-15-13-21(14-16-24)28-27(31)20-9-11-22(12-10-20)29-37(32,33)23-6-4-3-5-7-23/h3-18,29-30H,1-2H3,(H,28,31). The maximum Gasteiger partial charge on any atom is 0.262 e. The van der Waals surface area contributed by atoms with E-state index in [1.807, 2.05) is 13.0 Å². The average Bonchev–Trinajstić information content (AvgIpc) is 2.89. The second-order valence-corrected chi connectivity index (χ2v) is 11.6. The first-order valence-electron chi connectivity index (χ1n) is 11.3. The van der Waals surface area contributed by atoms with E-state index in [9.17, 15) is 21.6 Å². The van der Waals surface area contributed by atoms with Crippen LogP contribution in [-0.4, -0.2) is 29.9 Å². The van der Waals surface area contributed by atoms with E-state index in [1.165, 1.54) is 67.8 Å². The number of aryl methyl sites for hydroxylation is 1. The molecule has 0 spiro atoms. The van der Waals surface area contributed by atoms with Crippen molar-refractivity contribution >= 4 is 43.0 Å². The second-order valence-electron chi connectivity index (χ2n) is 8.28. The molecule has 0 saturated carbocycles. The van der Waals surface area contributed by atoms with Crippen LogP contribution in [0.25, 0.3) is 0 Å². The number of sulfonamides is 2. The maximum absolute atomic E-state index is 12.9. The molecule has 9 nitrogen and oxygen atoms in total. The number of hydrogen-bond donors (Lipinski definition) is 3. The molecule has 0 fully saturated rings. The van der Waals surface area contributed by atoms with Crippen LogP contribution in [0.5, 0.6) is 5.75 Å². The fourth-order valence-electron chi connectivity index (χ4n) is 3.53. The molecular weight excluding hydrogens is 526 g/mol. The van der Waals surface area contributed by atoms with Gasteiger partial charge in [0.25, 0.3) is 26.0 Å². The minimum absolute atomic E-state index is 0.00844. The summed E-state index contributed by atoms with van der Waals surface area (Å²) >= 11 is 0. The van der Waals surface area contributed by atoms with Gasteiger partial charge in [-0.3, -0.25) is 14.2 Å². The number of anilines is 3. The van der Waals surface area contributed by atoms with Gasteiger partial charge >= 0.3 is 0 Å². The van der Waals surface area contributed by atoms with Crippen LogP contribution >= 0.6 is 0 Å². The maximum atomic E-state index is 12.9. The highest BCUT2D eigenvalue weighted by Gasteiger charge is 2.18. The molecule has 3 N–H and O–H groups in total. The van der Waals surface area contributed by atoms with Gasteiger partial charge in [0, 0.05) is 16.9 Å². The van der Waals surface area contributed by atoms with Gasteiger partial charge in [-0.2, -0.15) is 0 Å². The smallest absolute Gasteiger partial charge is 0.262 e. The van der Waals surface area contributed by atoms with E-state index in [2.05, 4.69) is 14.8 Å². The van der Waals surface area contributed by atoms with Crippen LogP contribution in [0.3, 0.4) is 0 Å². The predicted octanol–water partition coefficient (Wildman–Crippen LogP) is 4.86. The van der Waals surface area contributed by atoms with E-state index < -0.39 is 26.0 Å². The molecule has 0 atom stereocenters. The molecule has 0 unspecified atom stereocenters. The SMILES string of the molecule is COc1ccc(C)cc1NS(=O)(=O)c1ccc(NC(=O)c2ccc(NS(=O)(=O)c3ccccc3)cc2)cc1. The van der Waals surface area contributed by atoms with Gasteiger partial charge in [-0.25, -0.2) is 16.8 Å². The number of amides is 1. The summed E-state index contributed by atoms with van der Waals surface area (Å²) < 4.78 is 60.9. The van der Waals surface area contributed by atoms with Gasteiger partial charge in [-0.05, 0) is 85.3 Å². The van der Waals surface area contributed by atoms with Crippen molar-refractivity contribution in [3.8, 4) is 5.75 Å². The molecule has 0 aromatic heterocycles. The monoisotopic (exact) mass is 551 g/mol. The van der Waals surface area contributed by atoms with Crippen molar-refractivity contribution in [2.45, 2.75) is 16.7 Å². The van der Waals surface area contributed by atoms with E-state index in [0.29, 0.717) is 22.8 Å². The normalized spacial score (nSPS) is 11.4. The Kier molecular flexibility index (Phi) is 7.70. The number of rotatable bonds is 9. The summed E-state index contributed by atoms with van der Waals surface area (Å²) in [4.78, 5) is 12.8. The molecule has 4 rings (SSSR count). The molecule has 4 aromatic carbocycles. The molecule has 4 aromatic rings. The number of carbonyl (C=O) groups is 1. The first-order valence-corrected chi connectivity index (χ1v) is 14.3. The van der Waals surface area contributed by atoms with Crippen molar-refractivity contribution < 1.29 is 26.4 Å².